The number of rotatable bonds is 4. The normalized spacial score (nSPS) is 15.1. The van der Waals surface area contributed by atoms with Crippen molar-refractivity contribution in [2.45, 2.75) is 19.3 Å². The standard InChI is InChI=1S/C11H16N4O/c16-11(15-8-1-2-9-15)5-7-12-10-4-3-6-13-14-10/h3-4,6H,1-2,5,7-9H2,(H,12,14). The number of amides is 1. The van der Waals surface area contributed by atoms with Gasteiger partial charge in [-0.25, -0.2) is 0 Å². The van der Waals surface area contributed by atoms with Crippen LogP contribution in [0.3, 0.4) is 0 Å². The molecule has 1 amide bonds. The van der Waals surface area contributed by atoms with Crippen LogP contribution in [0.1, 0.15) is 19.3 Å². The molecule has 16 heavy (non-hydrogen) atoms. The van der Waals surface area contributed by atoms with Crippen LogP contribution >= 0.6 is 0 Å². The zero-order chi connectivity index (χ0) is 11.2. The predicted molar refractivity (Wildman–Crippen MR) is 61.0 cm³/mol. The Morgan fingerprint density at radius 1 is 1.44 bits per heavy atom. The average Bonchev–Trinajstić information content (AvgIpc) is 2.84. The minimum atomic E-state index is 0.230. The summed E-state index contributed by atoms with van der Waals surface area (Å²) in [6.07, 6.45) is 4.43. The fraction of sp³-hybridized carbons (Fsp3) is 0.545. The van der Waals surface area contributed by atoms with E-state index in [2.05, 4.69) is 15.5 Å². The summed E-state index contributed by atoms with van der Waals surface area (Å²) in [6, 6.07) is 3.66. The molecular weight excluding hydrogens is 204 g/mol. The highest BCUT2D eigenvalue weighted by atomic mass is 16.2. The zero-order valence-corrected chi connectivity index (χ0v) is 9.22. The van der Waals surface area contributed by atoms with Gasteiger partial charge in [0, 0.05) is 32.3 Å². The van der Waals surface area contributed by atoms with Crippen LogP contribution in [0.5, 0.6) is 0 Å². The number of anilines is 1. The van der Waals surface area contributed by atoms with Gasteiger partial charge in [0.2, 0.25) is 5.91 Å². The Hall–Kier alpha value is -1.65. The van der Waals surface area contributed by atoms with Gasteiger partial charge >= 0.3 is 0 Å². The highest BCUT2D eigenvalue weighted by Crippen LogP contribution is 2.08. The van der Waals surface area contributed by atoms with Gasteiger partial charge in [0.05, 0.1) is 0 Å². The first-order valence-electron chi connectivity index (χ1n) is 5.65. The van der Waals surface area contributed by atoms with Crippen LogP contribution < -0.4 is 5.32 Å². The van der Waals surface area contributed by atoms with Crippen LogP contribution in [0.4, 0.5) is 5.82 Å². The van der Waals surface area contributed by atoms with Crippen molar-refractivity contribution in [1.82, 2.24) is 15.1 Å². The fourth-order valence-electron chi connectivity index (χ4n) is 1.82. The maximum atomic E-state index is 11.7. The van der Waals surface area contributed by atoms with Crippen LogP contribution in [0.2, 0.25) is 0 Å². The minimum absolute atomic E-state index is 0.230. The zero-order valence-electron chi connectivity index (χ0n) is 9.22. The van der Waals surface area contributed by atoms with Crippen molar-refractivity contribution >= 4 is 11.7 Å². The molecule has 0 atom stereocenters. The molecule has 1 fully saturated rings. The number of carbonyl (C=O) groups excluding carboxylic acids is 1. The summed E-state index contributed by atoms with van der Waals surface area (Å²) in [5, 5.41) is 10.7. The van der Waals surface area contributed by atoms with Gasteiger partial charge in [-0.1, -0.05) is 0 Å². The molecule has 0 aliphatic carbocycles. The van der Waals surface area contributed by atoms with E-state index in [0.29, 0.717) is 13.0 Å². The second-order valence-corrected chi connectivity index (χ2v) is 3.87. The molecule has 5 nitrogen and oxygen atoms in total. The van der Waals surface area contributed by atoms with E-state index in [1.807, 2.05) is 17.0 Å². The Labute approximate surface area is 94.9 Å². The predicted octanol–water partition coefficient (Wildman–Crippen LogP) is 0.901. The van der Waals surface area contributed by atoms with Gasteiger partial charge in [0.1, 0.15) is 5.82 Å². The van der Waals surface area contributed by atoms with Gasteiger partial charge in [-0.15, -0.1) is 5.10 Å². The van der Waals surface area contributed by atoms with E-state index in [1.54, 1.807) is 6.20 Å². The lowest BCUT2D eigenvalue weighted by atomic mass is 10.3. The number of nitrogens with zero attached hydrogens (tertiary/aromatic N) is 3. The van der Waals surface area contributed by atoms with Crippen molar-refractivity contribution in [3.8, 4) is 0 Å². The van der Waals surface area contributed by atoms with E-state index in [-0.39, 0.29) is 5.91 Å². The molecule has 0 saturated carbocycles. The van der Waals surface area contributed by atoms with E-state index < -0.39 is 0 Å². The van der Waals surface area contributed by atoms with E-state index in [1.165, 1.54) is 0 Å². The van der Waals surface area contributed by atoms with E-state index in [0.717, 1.165) is 31.7 Å². The summed E-state index contributed by atoms with van der Waals surface area (Å²) in [4.78, 5) is 13.6. The average molecular weight is 220 g/mol. The van der Waals surface area contributed by atoms with Gasteiger partial charge in [-0.2, -0.15) is 5.10 Å². The van der Waals surface area contributed by atoms with Crippen LogP contribution in [-0.4, -0.2) is 40.6 Å². The van der Waals surface area contributed by atoms with E-state index in [4.69, 9.17) is 0 Å². The topological polar surface area (TPSA) is 58.1 Å². The number of carbonyl (C=O) groups is 1. The fourth-order valence-corrected chi connectivity index (χ4v) is 1.82. The molecule has 0 radical (unpaired) electrons. The van der Waals surface area contributed by atoms with Crippen molar-refractivity contribution < 1.29 is 4.79 Å². The third kappa shape index (κ3) is 2.92. The number of likely N-dealkylation sites (tertiary alicyclic amines) is 1. The van der Waals surface area contributed by atoms with Crippen LogP contribution in [0.25, 0.3) is 0 Å². The van der Waals surface area contributed by atoms with Gasteiger partial charge in [0.15, 0.2) is 0 Å². The largest absolute Gasteiger partial charge is 0.368 e. The maximum Gasteiger partial charge on any atom is 0.224 e. The molecule has 0 bridgehead atoms. The number of aromatic nitrogens is 2. The Bertz CT molecular complexity index is 335. The quantitative estimate of drug-likeness (QED) is 0.819. The third-order valence-electron chi connectivity index (χ3n) is 2.68. The number of nitrogens with one attached hydrogen (secondary N) is 1. The number of hydrogen-bond acceptors (Lipinski definition) is 4. The highest BCUT2D eigenvalue weighted by Gasteiger charge is 2.16. The Balaban J connectivity index is 1.70. The van der Waals surface area contributed by atoms with E-state index >= 15 is 0 Å². The minimum Gasteiger partial charge on any atom is -0.368 e. The Kier molecular flexibility index (Phi) is 3.69. The summed E-state index contributed by atoms with van der Waals surface area (Å²) >= 11 is 0. The summed E-state index contributed by atoms with van der Waals surface area (Å²) in [6.45, 7) is 2.46. The molecule has 5 heteroatoms. The molecule has 1 aliphatic rings. The molecule has 0 aromatic carbocycles. The molecule has 0 unspecified atom stereocenters. The maximum absolute atomic E-state index is 11.7. The summed E-state index contributed by atoms with van der Waals surface area (Å²) in [5.74, 6) is 0.950. The molecule has 86 valence electrons. The monoisotopic (exact) mass is 220 g/mol. The van der Waals surface area contributed by atoms with Crippen molar-refractivity contribution in [1.29, 1.82) is 0 Å². The van der Waals surface area contributed by atoms with Crippen LogP contribution in [0, 0.1) is 0 Å². The first-order valence-corrected chi connectivity index (χ1v) is 5.65. The van der Waals surface area contributed by atoms with E-state index in [9.17, 15) is 4.79 Å². The van der Waals surface area contributed by atoms with Crippen molar-refractivity contribution in [2.24, 2.45) is 0 Å². The lowest BCUT2D eigenvalue weighted by Crippen LogP contribution is -2.29. The van der Waals surface area contributed by atoms with Gasteiger partial charge < -0.3 is 10.2 Å². The molecule has 0 spiro atoms. The first kappa shape index (κ1) is 10.9. The highest BCUT2D eigenvalue weighted by molar-refractivity contribution is 5.76. The second-order valence-electron chi connectivity index (χ2n) is 3.87. The molecule has 2 rings (SSSR count). The Morgan fingerprint density at radius 2 is 2.25 bits per heavy atom. The Morgan fingerprint density at radius 3 is 2.94 bits per heavy atom. The van der Waals surface area contributed by atoms with Crippen molar-refractivity contribution in [3.05, 3.63) is 18.3 Å². The molecule has 1 aliphatic heterocycles. The molecular formula is C11H16N4O. The summed E-state index contributed by atoms with van der Waals surface area (Å²) in [5.41, 5.74) is 0. The molecule has 1 saturated heterocycles. The van der Waals surface area contributed by atoms with Crippen molar-refractivity contribution in [3.63, 3.8) is 0 Å². The lowest BCUT2D eigenvalue weighted by Gasteiger charge is -2.15. The smallest absolute Gasteiger partial charge is 0.224 e. The van der Waals surface area contributed by atoms with Gasteiger partial charge in [-0.05, 0) is 25.0 Å². The lowest BCUT2D eigenvalue weighted by molar-refractivity contribution is -0.129. The second kappa shape index (κ2) is 5.44. The molecule has 2 heterocycles. The molecule has 1 N–H and O–H groups in total. The van der Waals surface area contributed by atoms with Gasteiger partial charge in [-0.3, -0.25) is 4.79 Å². The number of hydrogen-bond donors (Lipinski definition) is 1. The summed E-state index contributed by atoms with van der Waals surface area (Å²) in [7, 11) is 0. The van der Waals surface area contributed by atoms with Crippen LogP contribution in [0.15, 0.2) is 18.3 Å². The van der Waals surface area contributed by atoms with Crippen molar-refractivity contribution in [2.75, 3.05) is 25.0 Å². The van der Waals surface area contributed by atoms with Gasteiger partial charge in [0.25, 0.3) is 0 Å². The molecule has 1 aromatic heterocycles. The third-order valence-corrected chi connectivity index (χ3v) is 2.68. The summed E-state index contributed by atoms with van der Waals surface area (Å²) < 4.78 is 0. The molecule has 1 aromatic rings. The van der Waals surface area contributed by atoms with Crippen LogP contribution in [-0.2, 0) is 4.79 Å². The first-order chi connectivity index (χ1) is 7.86. The SMILES string of the molecule is O=C(CCNc1cccnn1)N1CCCC1.